The Balaban J connectivity index is 1.84. The zero-order chi connectivity index (χ0) is 17.2. The Kier molecular flexibility index (Phi) is 8.51. The van der Waals surface area contributed by atoms with E-state index in [-0.39, 0.29) is 6.10 Å². The summed E-state index contributed by atoms with van der Waals surface area (Å²) in [7, 11) is 1.68. The van der Waals surface area contributed by atoms with E-state index in [1.807, 2.05) is 0 Å². The molecule has 0 bridgehead atoms. The van der Waals surface area contributed by atoms with Gasteiger partial charge in [-0.2, -0.15) is 0 Å². The molecule has 0 heterocycles. The van der Waals surface area contributed by atoms with Crippen LogP contribution in [0.15, 0.2) is 29.8 Å². The highest BCUT2D eigenvalue weighted by Crippen LogP contribution is 2.39. The van der Waals surface area contributed by atoms with Crippen LogP contribution in [-0.4, -0.2) is 38.4 Å². The molecule has 0 saturated carbocycles. The lowest BCUT2D eigenvalue weighted by Crippen LogP contribution is -2.26. The smallest absolute Gasteiger partial charge is 0.147 e. The van der Waals surface area contributed by atoms with Gasteiger partial charge in [-0.1, -0.05) is 44.2 Å². The van der Waals surface area contributed by atoms with Gasteiger partial charge in [-0.3, -0.25) is 0 Å². The highest BCUT2D eigenvalue weighted by atomic mass is 16.7. The maximum atomic E-state index is 5.95. The molecule has 1 aliphatic carbocycles. The first-order valence-electron chi connectivity index (χ1n) is 9.42. The molecule has 1 aromatic rings. The second-order valence-electron chi connectivity index (χ2n) is 6.60. The summed E-state index contributed by atoms with van der Waals surface area (Å²) in [6.45, 7) is 8.54. The molecule has 0 radical (unpaired) electrons. The van der Waals surface area contributed by atoms with Crippen LogP contribution in [0.2, 0.25) is 0 Å². The third-order valence-corrected chi connectivity index (χ3v) is 4.58. The lowest BCUT2D eigenvalue weighted by molar-refractivity contribution is -0.0602. The van der Waals surface area contributed by atoms with Gasteiger partial charge in [0.05, 0.1) is 0 Å². The molecule has 1 aromatic carbocycles. The van der Waals surface area contributed by atoms with Gasteiger partial charge in [-0.15, -0.1) is 0 Å². The van der Waals surface area contributed by atoms with Gasteiger partial charge in [0.15, 0.2) is 0 Å². The predicted molar refractivity (Wildman–Crippen MR) is 101 cm³/mol. The number of fused-ring (bicyclic) bond motifs is 1. The largest absolute Gasteiger partial charge is 0.359 e. The van der Waals surface area contributed by atoms with Crippen molar-refractivity contribution in [1.82, 2.24) is 4.90 Å². The number of methoxy groups -OCH3 is 1. The number of hydrogen-bond acceptors (Lipinski definition) is 3. The van der Waals surface area contributed by atoms with E-state index in [0.29, 0.717) is 6.79 Å². The summed E-state index contributed by atoms with van der Waals surface area (Å²) < 4.78 is 11.1. The second-order valence-corrected chi connectivity index (χ2v) is 6.60. The molecule has 24 heavy (non-hydrogen) atoms. The maximum absolute atomic E-state index is 5.95. The van der Waals surface area contributed by atoms with Crippen LogP contribution in [0, 0.1) is 0 Å². The molecule has 1 unspecified atom stereocenters. The minimum Gasteiger partial charge on any atom is -0.359 e. The van der Waals surface area contributed by atoms with E-state index < -0.39 is 0 Å². The minimum atomic E-state index is 0.0727. The zero-order valence-corrected chi connectivity index (χ0v) is 15.6. The van der Waals surface area contributed by atoms with Gasteiger partial charge in [-0.25, -0.2) is 0 Å². The van der Waals surface area contributed by atoms with E-state index in [2.05, 4.69) is 49.1 Å². The fourth-order valence-electron chi connectivity index (χ4n) is 3.52. The van der Waals surface area contributed by atoms with Crippen LogP contribution in [0.25, 0.3) is 6.08 Å². The van der Waals surface area contributed by atoms with Crippen molar-refractivity contribution in [3.8, 4) is 0 Å². The zero-order valence-electron chi connectivity index (χ0n) is 15.6. The highest BCUT2D eigenvalue weighted by Gasteiger charge is 2.25. The van der Waals surface area contributed by atoms with Crippen LogP contribution in [0.1, 0.15) is 63.2 Å². The van der Waals surface area contributed by atoms with Crippen LogP contribution in [0.4, 0.5) is 0 Å². The van der Waals surface area contributed by atoms with Crippen molar-refractivity contribution in [2.45, 2.75) is 52.1 Å². The molecule has 2 rings (SSSR count). The quantitative estimate of drug-likeness (QED) is 0.396. The van der Waals surface area contributed by atoms with Gasteiger partial charge in [-0.05, 0) is 68.4 Å². The fourth-order valence-corrected chi connectivity index (χ4v) is 3.52. The minimum absolute atomic E-state index is 0.0727. The summed E-state index contributed by atoms with van der Waals surface area (Å²) in [5, 5.41) is 0. The van der Waals surface area contributed by atoms with Gasteiger partial charge in [0.2, 0.25) is 0 Å². The van der Waals surface area contributed by atoms with Crippen LogP contribution >= 0.6 is 0 Å². The van der Waals surface area contributed by atoms with Crippen molar-refractivity contribution in [3.05, 3.63) is 41.0 Å². The van der Waals surface area contributed by atoms with Crippen molar-refractivity contribution in [1.29, 1.82) is 0 Å². The summed E-state index contributed by atoms with van der Waals surface area (Å²) >= 11 is 0. The monoisotopic (exact) mass is 331 g/mol. The second kappa shape index (κ2) is 10.7. The molecule has 3 heteroatoms. The normalized spacial score (nSPS) is 16.5. The van der Waals surface area contributed by atoms with Crippen LogP contribution in [-0.2, 0) is 9.47 Å². The molecule has 0 N–H and O–H groups in total. The van der Waals surface area contributed by atoms with Crippen LogP contribution in [0.3, 0.4) is 0 Å². The number of ether oxygens (including phenoxy) is 2. The first kappa shape index (κ1) is 19.2. The maximum Gasteiger partial charge on any atom is 0.147 e. The van der Waals surface area contributed by atoms with E-state index >= 15 is 0 Å². The number of hydrogen-bond donors (Lipinski definition) is 0. The number of rotatable bonds is 12. The molecule has 134 valence electrons. The molecule has 0 aromatic heterocycles. The molecule has 0 spiro atoms. The summed E-state index contributed by atoms with van der Waals surface area (Å²) in [4.78, 5) is 2.59. The van der Waals surface area contributed by atoms with Crippen molar-refractivity contribution < 1.29 is 9.47 Å². The molecule has 0 fully saturated rings. The average Bonchev–Trinajstić information content (AvgIpc) is 2.94. The highest BCUT2D eigenvalue weighted by molar-refractivity contribution is 5.65. The SMILES string of the molecule is CCCN(CCC)CCCCC1=Cc2ccccc2C1OCOC. The fraction of sp³-hybridized carbons (Fsp3) is 0.619. The molecular weight excluding hydrogens is 298 g/mol. The standard InChI is InChI=1S/C21H33NO2/c1-4-13-22(14-5-2)15-9-8-11-19-16-18-10-6-7-12-20(18)21(19)24-17-23-3/h6-7,10,12,16,21H,4-5,8-9,11,13-15,17H2,1-3H3. The number of benzene rings is 1. The lowest BCUT2D eigenvalue weighted by atomic mass is 10.0. The van der Waals surface area contributed by atoms with Crippen molar-refractivity contribution in [2.24, 2.45) is 0 Å². The Bertz CT molecular complexity index is 506. The van der Waals surface area contributed by atoms with Crippen molar-refractivity contribution in [2.75, 3.05) is 33.5 Å². The molecule has 1 atom stereocenters. The van der Waals surface area contributed by atoms with Crippen LogP contribution in [0.5, 0.6) is 0 Å². The summed E-state index contributed by atoms with van der Waals surface area (Å²) in [5.74, 6) is 0. The van der Waals surface area contributed by atoms with E-state index in [4.69, 9.17) is 9.47 Å². The predicted octanol–water partition coefficient (Wildman–Crippen LogP) is 5.04. The molecule has 0 saturated heterocycles. The summed E-state index contributed by atoms with van der Waals surface area (Å²) in [6.07, 6.45) is 8.45. The first-order chi connectivity index (χ1) is 11.8. The van der Waals surface area contributed by atoms with Gasteiger partial charge in [0.25, 0.3) is 0 Å². The van der Waals surface area contributed by atoms with E-state index in [9.17, 15) is 0 Å². The third kappa shape index (κ3) is 5.44. The van der Waals surface area contributed by atoms with E-state index in [1.165, 1.54) is 62.0 Å². The summed E-state index contributed by atoms with van der Waals surface area (Å²) in [5.41, 5.74) is 3.97. The van der Waals surface area contributed by atoms with Crippen molar-refractivity contribution >= 4 is 6.08 Å². The molecule has 0 aliphatic heterocycles. The van der Waals surface area contributed by atoms with Gasteiger partial charge in [0, 0.05) is 7.11 Å². The Labute approximate surface area is 147 Å². The molecule has 1 aliphatic rings. The summed E-state index contributed by atoms with van der Waals surface area (Å²) in [6, 6.07) is 8.53. The van der Waals surface area contributed by atoms with Gasteiger partial charge >= 0.3 is 0 Å². The van der Waals surface area contributed by atoms with Gasteiger partial charge in [0.1, 0.15) is 12.9 Å². The number of unbranched alkanes of at least 4 members (excludes halogenated alkanes) is 1. The molecule has 3 nitrogen and oxygen atoms in total. The topological polar surface area (TPSA) is 21.7 Å². The Morgan fingerprint density at radius 2 is 1.75 bits per heavy atom. The average molecular weight is 332 g/mol. The van der Waals surface area contributed by atoms with E-state index in [1.54, 1.807) is 7.11 Å². The van der Waals surface area contributed by atoms with Crippen LogP contribution < -0.4 is 0 Å². The number of nitrogens with zero attached hydrogens (tertiary/aromatic N) is 1. The van der Waals surface area contributed by atoms with Crippen molar-refractivity contribution in [3.63, 3.8) is 0 Å². The molecular formula is C21H33NO2. The Hall–Kier alpha value is -1.16. The Morgan fingerprint density at radius 3 is 2.46 bits per heavy atom. The third-order valence-electron chi connectivity index (χ3n) is 4.58. The Morgan fingerprint density at radius 1 is 1.00 bits per heavy atom. The lowest BCUT2D eigenvalue weighted by Gasteiger charge is -2.21. The first-order valence-corrected chi connectivity index (χ1v) is 9.42. The van der Waals surface area contributed by atoms with E-state index in [0.717, 1.165) is 6.42 Å². The molecule has 0 amide bonds. The van der Waals surface area contributed by atoms with Gasteiger partial charge < -0.3 is 14.4 Å².